The van der Waals surface area contributed by atoms with Gasteiger partial charge < -0.3 is 24.8 Å². The first kappa shape index (κ1) is 19.1. The van der Waals surface area contributed by atoms with E-state index < -0.39 is 0 Å². The van der Waals surface area contributed by atoms with Gasteiger partial charge in [0, 0.05) is 28.9 Å². The minimum atomic E-state index is 0.467. The second-order valence-corrected chi connectivity index (χ2v) is 6.05. The molecule has 7 heteroatoms. The van der Waals surface area contributed by atoms with Gasteiger partial charge in [0.1, 0.15) is 5.75 Å². The summed E-state index contributed by atoms with van der Waals surface area (Å²) in [5, 5.41) is 7.48. The zero-order chi connectivity index (χ0) is 18.4. The third-order valence-corrected chi connectivity index (χ3v) is 4.40. The number of anilines is 1. The van der Waals surface area contributed by atoms with Gasteiger partial charge in [-0.25, -0.2) is 0 Å². The zero-order valence-corrected chi connectivity index (χ0v) is 16.2. The molecule has 0 aliphatic rings. The fraction of sp³-hybridized carbons (Fsp3) is 0.278. The highest BCUT2D eigenvalue weighted by Gasteiger charge is 2.12. The van der Waals surface area contributed by atoms with Crippen LogP contribution < -0.4 is 24.8 Å². The van der Waals surface area contributed by atoms with Crippen LogP contribution in [0.15, 0.2) is 30.3 Å². The fourth-order valence-corrected chi connectivity index (χ4v) is 2.67. The van der Waals surface area contributed by atoms with E-state index in [0.717, 1.165) is 16.8 Å². The van der Waals surface area contributed by atoms with E-state index in [1.807, 2.05) is 31.2 Å². The molecule has 0 aliphatic heterocycles. The number of halogens is 1. The molecule has 2 rings (SSSR count). The van der Waals surface area contributed by atoms with Crippen LogP contribution >= 0.6 is 23.8 Å². The first-order chi connectivity index (χ1) is 12.0. The van der Waals surface area contributed by atoms with Gasteiger partial charge in [0.25, 0.3) is 0 Å². The molecule has 2 aromatic rings. The summed E-state index contributed by atoms with van der Waals surface area (Å²) in [5.74, 6) is 1.93. The monoisotopic (exact) mass is 380 g/mol. The highest BCUT2D eigenvalue weighted by Crippen LogP contribution is 2.34. The Balaban J connectivity index is 2.10. The quantitative estimate of drug-likeness (QED) is 0.734. The topological polar surface area (TPSA) is 51.8 Å². The average Bonchev–Trinajstić information content (AvgIpc) is 2.62. The van der Waals surface area contributed by atoms with Gasteiger partial charge in [-0.3, -0.25) is 0 Å². The lowest BCUT2D eigenvalue weighted by Crippen LogP contribution is -2.28. The molecule has 0 atom stereocenters. The fourth-order valence-electron chi connectivity index (χ4n) is 2.32. The van der Waals surface area contributed by atoms with Gasteiger partial charge in [-0.05, 0) is 42.9 Å². The third kappa shape index (κ3) is 4.67. The maximum atomic E-state index is 6.13. The molecule has 0 unspecified atom stereocenters. The zero-order valence-electron chi connectivity index (χ0n) is 14.6. The summed E-state index contributed by atoms with van der Waals surface area (Å²) in [6, 6.07) is 9.28. The van der Waals surface area contributed by atoms with Crippen LogP contribution in [0, 0.1) is 6.92 Å². The molecule has 0 spiro atoms. The van der Waals surface area contributed by atoms with E-state index >= 15 is 0 Å². The number of ether oxygens (including phenoxy) is 3. The lowest BCUT2D eigenvalue weighted by Gasteiger charge is -2.16. The van der Waals surface area contributed by atoms with E-state index in [1.54, 1.807) is 27.4 Å². The smallest absolute Gasteiger partial charge is 0.171 e. The first-order valence-electron chi connectivity index (χ1n) is 7.59. The number of hydrogen-bond acceptors (Lipinski definition) is 4. The van der Waals surface area contributed by atoms with Crippen molar-refractivity contribution in [2.24, 2.45) is 0 Å². The van der Waals surface area contributed by atoms with E-state index in [-0.39, 0.29) is 0 Å². The Kier molecular flexibility index (Phi) is 6.73. The number of hydrogen-bond donors (Lipinski definition) is 2. The van der Waals surface area contributed by atoms with E-state index in [2.05, 4.69) is 10.6 Å². The van der Waals surface area contributed by atoms with Crippen molar-refractivity contribution in [3.05, 3.63) is 46.5 Å². The Morgan fingerprint density at radius 2 is 1.68 bits per heavy atom. The first-order valence-corrected chi connectivity index (χ1v) is 8.37. The highest BCUT2D eigenvalue weighted by molar-refractivity contribution is 7.80. The molecule has 0 aliphatic carbocycles. The van der Waals surface area contributed by atoms with Gasteiger partial charge in [-0.2, -0.15) is 0 Å². The molecule has 134 valence electrons. The van der Waals surface area contributed by atoms with Crippen LogP contribution in [-0.2, 0) is 6.54 Å². The third-order valence-electron chi connectivity index (χ3n) is 3.74. The Morgan fingerprint density at radius 3 is 2.32 bits per heavy atom. The van der Waals surface area contributed by atoms with Crippen LogP contribution in [0.1, 0.15) is 11.1 Å². The Bertz CT molecular complexity index is 768. The maximum Gasteiger partial charge on any atom is 0.171 e. The molecule has 0 heterocycles. The van der Waals surface area contributed by atoms with Crippen molar-refractivity contribution in [2.75, 3.05) is 26.6 Å². The Labute approximate surface area is 158 Å². The SMILES string of the molecule is COc1cc(OC)c(OC)cc1CNC(=S)Nc1cccc(Cl)c1C. The van der Waals surface area contributed by atoms with Gasteiger partial charge in [-0.1, -0.05) is 17.7 Å². The van der Waals surface area contributed by atoms with Gasteiger partial charge in [0.05, 0.1) is 21.3 Å². The van der Waals surface area contributed by atoms with Crippen molar-refractivity contribution in [3.63, 3.8) is 0 Å². The summed E-state index contributed by atoms with van der Waals surface area (Å²) in [5.41, 5.74) is 2.70. The lowest BCUT2D eigenvalue weighted by molar-refractivity contribution is 0.347. The van der Waals surface area contributed by atoms with Crippen molar-refractivity contribution in [3.8, 4) is 17.2 Å². The van der Waals surface area contributed by atoms with Crippen molar-refractivity contribution in [1.29, 1.82) is 0 Å². The number of rotatable bonds is 6. The van der Waals surface area contributed by atoms with Crippen molar-refractivity contribution in [1.82, 2.24) is 5.32 Å². The molecule has 0 bridgehead atoms. The largest absolute Gasteiger partial charge is 0.496 e. The summed E-state index contributed by atoms with van der Waals surface area (Å²) in [6.45, 7) is 2.40. The number of nitrogens with one attached hydrogen (secondary N) is 2. The molecule has 5 nitrogen and oxygen atoms in total. The molecule has 0 amide bonds. The predicted molar refractivity (Wildman–Crippen MR) is 105 cm³/mol. The molecule has 0 radical (unpaired) electrons. The van der Waals surface area contributed by atoms with Crippen molar-refractivity contribution < 1.29 is 14.2 Å². The Morgan fingerprint density at radius 1 is 1.04 bits per heavy atom. The van der Waals surface area contributed by atoms with E-state index in [1.165, 1.54) is 0 Å². The summed E-state index contributed by atoms with van der Waals surface area (Å²) in [4.78, 5) is 0. The maximum absolute atomic E-state index is 6.13. The molecular formula is C18H21ClN2O3S. The highest BCUT2D eigenvalue weighted by atomic mass is 35.5. The second-order valence-electron chi connectivity index (χ2n) is 5.24. The van der Waals surface area contributed by atoms with Gasteiger partial charge in [0.15, 0.2) is 16.6 Å². The summed E-state index contributed by atoms with van der Waals surface area (Å²) < 4.78 is 16.0. The molecule has 0 fully saturated rings. The van der Waals surface area contributed by atoms with Crippen molar-refractivity contribution >= 4 is 34.6 Å². The minimum absolute atomic E-state index is 0.467. The average molecular weight is 381 g/mol. The van der Waals surface area contributed by atoms with Crippen molar-refractivity contribution in [2.45, 2.75) is 13.5 Å². The summed E-state index contributed by atoms with van der Waals surface area (Å²) in [6.07, 6.45) is 0. The van der Waals surface area contributed by atoms with Crippen LogP contribution in [0.2, 0.25) is 5.02 Å². The summed E-state index contributed by atoms with van der Waals surface area (Å²) in [7, 11) is 4.79. The molecule has 0 aromatic heterocycles. The molecule has 0 saturated heterocycles. The van der Waals surface area contributed by atoms with Gasteiger partial charge in [-0.15, -0.1) is 0 Å². The van der Waals surface area contributed by atoms with Gasteiger partial charge >= 0.3 is 0 Å². The normalized spacial score (nSPS) is 10.1. The number of benzene rings is 2. The lowest BCUT2D eigenvalue weighted by atomic mass is 10.1. The summed E-state index contributed by atoms with van der Waals surface area (Å²) >= 11 is 11.5. The molecule has 2 N–H and O–H groups in total. The minimum Gasteiger partial charge on any atom is -0.496 e. The number of methoxy groups -OCH3 is 3. The van der Waals surface area contributed by atoms with E-state index in [4.69, 9.17) is 38.0 Å². The van der Waals surface area contributed by atoms with Crippen LogP contribution in [-0.4, -0.2) is 26.4 Å². The van der Waals surface area contributed by atoms with Crippen LogP contribution in [0.4, 0.5) is 5.69 Å². The number of thiocarbonyl (C=S) groups is 1. The molecule has 0 saturated carbocycles. The van der Waals surface area contributed by atoms with Crippen LogP contribution in [0.3, 0.4) is 0 Å². The van der Waals surface area contributed by atoms with Crippen LogP contribution in [0.5, 0.6) is 17.2 Å². The standard InChI is InChI=1S/C18H21ClN2O3S/c1-11-13(19)6-5-7-14(11)21-18(25)20-10-12-8-16(23-3)17(24-4)9-15(12)22-2/h5-9H,10H2,1-4H3,(H2,20,21,25). The molecule has 2 aromatic carbocycles. The second kappa shape index (κ2) is 8.78. The molecular weight excluding hydrogens is 360 g/mol. The Hall–Kier alpha value is -2.18. The van der Waals surface area contributed by atoms with Crippen LogP contribution in [0.25, 0.3) is 0 Å². The predicted octanol–water partition coefficient (Wildman–Crippen LogP) is 4.16. The molecule has 25 heavy (non-hydrogen) atoms. The van der Waals surface area contributed by atoms with E-state index in [0.29, 0.717) is 33.9 Å². The van der Waals surface area contributed by atoms with E-state index in [9.17, 15) is 0 Å². The van der Waals surface area contributed by atoms with Gasteiger partial charge in [0.2, 0.25) is 0 Å².